The fourth-order valence-electron chi connectivity index (χ4n) is 0.642. The van der Waals surface area contributed by atoms with E-state index in [0.717, 1.165) is 0 Å². The number of carbonyl (C=O) groups is 1. The highest BCUT2D eigenvalue weighted by Gasteiger charge is 2.12. The van der Waals surface area contributed by atoms with Crippen molar-refractivity contribution in [3.05, 3.63) is 0 Å². The second-order valence-electron chi connectivity index (χ2n) is 2.63. The van der Waals surface area contributed by atoms with E-state index in [9.17, 15) is 4.79 Å². The molecule has 0 radical (unpaired) electrons. The normalized spacial score (nSPS) is 13.7. The summed E-state index contributed by atoms with van der Waals surface area (Å²) in [7, 11) is 5.63. The lowest BCUT2D eigenvalue weighted by atomic mass is 10.6. The van der Waals surface area contributed by atoms with Crippen LogP contribution in [-0.4, -0.2) is 43.4 Å². The number of hydrogen-bond acceptors (Lipinski definition) is 4. The summed E-state index contributed by atoms with van der Waals surface area (Å²) in [6.07, 6.45) is -0.206. The van der Waals surface area contributed by atoms with Gasteiger partial charge in [0, 0.05) is 28.1 Å². The van der Waals surface area contributed by atoms with Gasteiger partial charge in [-0.3, -0.25) is 4.79 Å². The summed E-state index contributed by atoms with van der Waals surface area (Å²) in [5.74, 6) is -0.258. The van der Waals surface area contributed by atoms with E-state index in [-0.39, 0.29) is 12.2 Å². The second kappa shape index (κ2) is 4.31. The van der Waals surface area contributed by atoms with Crippen molar-refractivity contribution in [1.82, 2.24) is 10.0 Å². The Hall–Kier alpha value is -0.610. The Morgan fingerprint density at radius 1 is 1.36 bits per heavy atom. The molecule has 0 N–H and O–H groups in total. The second-order valence-corrected chi connectivity index (χ2v) is 2.63. The fraction of sp³-hybridized carbons (Fsp3) is 0.857. The first-order valence-corrected chi connectivity index (χ1v) is 3.52. The van der Waals surface area contributed by atoms with Crippen LogP contribution < -0.4 is 0 Å². The van der Waals surface area contributed by atoms with Crippen LogP contribution in [0.2, 0.25) is 0 Å². The fourth-order valence-corrected chi connectivity index (χ4v) is 0.642. The molecule has 4 heteroatoms. The lowest BCUT2D eigenvalue weighted by molar-refractivity contribution is -0.167. The Bertz CT molecular complexity index is 136. The Morgan fingerprint density at radius 3 is 2.09 bits per heavy atom. The molecule has 0 aromatic carbocycles. The van der Waals surface area contributed by atoms with Crippen LogP contribution in [0.3, 0.4) is 0 Å². The third kappa shape index (κ3) is 3.95. The molecule has 66 valence electrons. The number of ether oxygens (including phenoxy) is 1. The molecule has 0 bridgehead atoms. The molecule has 0 heterocycles. The van der Waals surface area contributed by atoms with E-state index in [1.54, 1.807) is 0 Å². The average Bonchev–Trinajstić information content (AvgIpc) is 1.84. The SMILES string of the molecule is CC(=O)OC(C)N(C)N(C)C. The van der Waals surface area contributed by atoms with E-state index in [1.165, 1.54) is 6.92 Å². The first-order valence-electron chi connectivity index (χ1n) is 3.52. The third-order valence-electron chi connectivity index (χ3n) is 1.49. The number of esters is 1. The van der Waals surface area contributed by atoms with Gasteiger partial charge < -0.3 is 4.74 Å². The summed E-state index contributed by atoms with van der Waals surface area (Å²) in [6, 6.07) is 0. The lowest BCUT2D eigenvalue weighted by Gasteiger charge is -2.29. The van der Waals surface area contributed by atoms with Gasteiger partial charge in [-0.15, -0.1) is 0 Å². The summed E-state index contributed by atoms with van der Waals surface area (Å²) in [4.78, 5) is 10.5. The van der Waals surface area contributed by atoms with E-state index in [2.05, 4.69) is 0 Å². The Kier molecular flexibility index (Phi) is 4.07. The summed E-state index contributed by atoms with van der Waals surface area (Å²) < 4.78 is 4.92. The highest BCUT2D eigenvalue weighted by molar-refractivity contribution is 5.66. The molecule has 0 aromatic heterocycles. The number of hydrazine groups is 1. The first kappa shape index (κ1) is 10.4. The summed E-state index contributed by atoms with van der Waals surface area (Å²) in [5, 5.41) is 3.68. The van der Waals surface area contributed by atoms with Crippen molar-refractivity contribution in [3.8, 4) is 0 Å². The van der Waals surface area contributed by atoms with Gasteiger partial charge in [0.1, 0.15) is 0 Å². The molecule has 1 atom stereocenters. The molecule has 0 aliphatic heterocycles. The monoisotopic (exact) mass is 160 g/mol. The van der Waals surface area contributed by atoms with Crippen LogP contribution in [-0.2, 0) is 9.53 Å². The van der Waals surface area contributed by atoms with E-state index < -0.39 is 0 Å². The van der Waals surface area contributed by atoms with Crippen LogP contribution in [0, 0.1) is 0 Å². The highest BCUT2D eigenvalue weighted by Crippen LogP contribution is 1.98. The minimum absolute atomic E-state index is 0.206. The molecule has 0 saturated carbocycles. The number of nitrogens with zero attached hydrogens (tertiary/aromatic N) is 2. The maximum absolute atomic E-state index is 10.5. The molecule has 0 aliphatic carbocycles. The van der Waals surface area contributed by atoms with Crippen molar-refractivity contribution in [2.75, 3.05) is 21.1 Å². The van der Waals surface area contributed by atoms with Crippen molar-refractivity contribution >= 4 is 5.97 Å². The average molecular weight is 160 g/mol. The van der Waals surface area contributed by atoms with E-state index in [4.69, 9.17) is 4.74 Å². The van der Waals surface area contributed by atoms with Crippen molar-refractivity contribution in [2.45, 2.75) is 20.1 Å². The zero-order valence-corrected chi connectivity index (χ0v) is 7.79. The molecule has 0 rings (SSSR count). The Morgan fingerprint density at radius 2 is 1.82 bits per heavy atom. The van der Waals surface area contributed by atoms with Crippen molar-refractivity contribution in [2.24, 2.45) is 0 Å². The van der Waals surface area contributed by atoms with Crippen LogP contribution >= 0.6 is 0 Å². The standard InChI is InChI=1S/C7H16N2O2/c1-6(11-7(2)10)9(5)8(3)4/h6H,1-5H3. The predicted molar refractivity (Wildman–Crippen MR) is 42.7 cm³/mol. The molecule has 11 heavy (non-hydrogen) atoms. The maximum atomic E-state index is 10.5. The van der Waals surface area contributed by atoms with Gasteiger partial charge >= 0.3 is 5.97 Å². The van der Waals surface area contributed by atoms with Gasteiger partial charge in [-0.2, -0.15) is 0 Å². The van der Waals surface area contributed by atoms with Gasteiger partial charge in [-0.05, 0) is 6.92 Å². The van der Waals surface area contributed by atoms with Crippen LogP contribution in [0.4, 0.5) is 0 Å². The summed E-state index contributed by atoms with van der Waals surface area (Å²) >= 11 is 0. The molecule has 0 spiro atoms. The van der Waals surface area contributed by atoms with Crippen LogP contribution in [0.25, 0.3) is 0 Å². The number of rotatable bonds is 3. The van der Waals surface area contributed by atoms with E-state index in [0.29, 0.717) is 0 Å². The lowest BCUT2D eigenvalue weighted by Crippen LogP contribution is -2.42. The molecule has 0 amide bonds. The zero-order valence-electron chi connectivity index (χ0n) is 7.79. The van der Waals surface area contributed by atoms with E-state index in [1.807, 2.05) is 38.1 Å². The third-order valence-corrected chi connectivity index (χ3v) is 1.49. The molecule has 4 nitrogen and oxygen atoms in total. The summed E-state index contributed by atoms with van der Waals surface area (Å²) in [5.41, 5.74) is 0. The van der Waals surface area contributed by atoms with Gasteiger partial charge in [0.25, 0.3) is 0 Å². The quantitative estimate of drug-likeness (QED) is 0.338. The molecule has 0 aromatic rings. The van der Waals surface area contributed by atoms with Gasteiger partial charge in [0.2, 0.25) is 0 Å². The minimum Gasteiger partial charge on any atom is -0.446 e. The van der Waals surface area contributed by atoms with Crippen molar-refractivity contribution in [1.29, 1.82) is 0 Å². The van der Waals surface area contributed by atoms with E-state index >= 15 is 0 Å². The molecule has 0 saturated heterocycles. The first-order chi connectivity index (χ1) is 4.95. The molecule has 1 unspecified atom stereocenters. The zero-order chi connectivity index (χ0) is 9.02. The Labute approximate surface area is 67.7 Å². The largest absolute Gasteiger partial charge is 0.446 e. The van der Waals surface area contributed by atoms with Crippen molar-refractivity contribution < 1.29 is 9.53 Å². The molecular weight excluding hydrogens is 144 g/mol. The summed E-state index contributed by atoms with van der Waals surface area (Å²) in [6.45, 7) is 3.22. The van der Waals surface area contributed by atoms with Crippen molar-refractivity contribution in [3.63, 3.8) is 0 Å². The van der Waals surface area contributed by atoms with Gasteiger partial charge in [0.15, 0.2) is 6.23 Å². The number of hydrogen-bond donors (Lipinski definition) is 0. The smallest absolute Gasteiger partial charge is 0.304 e. The minimum atomic E-state index is -0.258. The molecular formula is C7H16N2O2. The maximum Gasteiger partial charge on any atom is 0.304 e. The van der Waals surface area contributed by atoms with Gasteiger partial charge in [-0.1, -0.05) is 0 Å². The predicted octanol–water partition coefficient (Wildman–Crippen LogP) is 0.304. The van der Waals surface area contributed by atoms with Crippen LogP contribution in [0.15, 0.2) is 0 Å². The molecule has 0 aliphatic rings. The Balaban J connectivity index is 3.82. The van der Waals surface area contributed by atoms with Gasteiger partial charge in [-0.25, -0.2) is 10.0 Å². The topological polar surface area (TPSA) is 32.8 Å². The van der Waals surface area contributed by atoms with Crippen LogP contribution in [0.5, 0.6) is 0 Å². The highest BCUT2D eigenvalue weighted by atomic mass is 16.6. The van der Waals surface area contributed by atoms with Crippen LogP contribution in [0.1, 0.15) is 13.8 Å². The molecule has 0 fully saturated rings. The van der Waals surface area contributed by atoms with Gasteiger partial charge in [0.05, 0.1) is 0 Å². The number of carbonyl (C=O) groups excluding carboxylic acids is 1.